The largest absolute Gasteiger partial charge is 0.467 e. The van der Waals surface area contributed by atoms with Gasteiger partial charge in [0.25, 0.3) is 0 Å². The van der Waals surface area contributed by atoms with E-state index < -0.39 is 6.10 Å². The summed E-state index contributed by atoms with van der Waals surface area (Å²) in [6.07, 6.45) is 5.63. The molecule has 1 fully saturated rings. The number of esters is 1. The van der Waals surface area contributed by atoms with Gasteiger partial charge in [0.15, 0.2) is 6.10 Å². The lowest BCUT2D eigenvalue weighted by Crippen LogP contribution is -2.27. The Kier molecular flexibility index (Phi) is 4.53. The third-order valence-corrected chi connectivity index (χ3v) is 2.97. The first-order chi connectivity index (χ1) is 8.81. The third-order valence-electron chi connectivity index (χ3n) is 2.97. The number of hydrogen-bond acceptors (Lipinski definition) is 3. The summed E-state index contributed by atoms with van der Waals surface area (Å²) in [6.45, 7) is 0.436. The summed E-state index contributed by atoms with van der Waals surface area (Å²) < 4.78 is 10.3. The van der Waals surface area contributed by atoms with Crippen LogP contribution < -0.4 is 0 Å². The van der Waals surface area contributed by atoms with E-state index in [1.807, 2.05) is 42.5 Å². The summed E-state index contributed by atoms with van der Waals surface area (Å²) in [5.74, 6) is 0.0909. The van der Waals surface area contributed by atoms with Gasteiger partial charge in [0, 0.05) is 0 Å². The highest BCUT2D eigenvalue weighted by atomic mass is 16.6. The van der Waals surface area contributed by atoms with Gasteiger partial charge in [-0.15, -0.1) is 0 Å². The molecule has 0 aromatic heterocycles. The highest BCUT2D eigenvalue weighted by Crippen LogP contribution is 2.34. The van der Waals surface area contributed by atoms with Crippen LogP contribution in [-0.2, 0) is 14.3 Å². The van der Waals surface area contributed by atoms with Gasteiger partial charge in [-0.25, -0.2) is 4.79 Å². The molecule has 1 aliphatic carbocycles. The van der Waals surface area contributed by atoms with Crippen LogP contribution in [0.5, 0.6) is 0 Å². The highest BCUT2D eigenvalue weighted by molar-refractivity contribution is 5.75. The highest BCUT2D eigenvalue weighted by Gasteiger charge is 2.37. The fourth-order valence-electron chi connectivity index (χ4n) is 1.82. The maximum absolute atomic E-state index is 11.5. The molecule has 0 bridgehead atoms. The van der Waals surface area contributed by atoms with Crippen molar-refractivity contribution in [2.24, 2.45) is 5.92 Å². The van der Waals surface area contributed by atoms with E-state index in [0.717, 1.165) is 18.4 Å². The predicted octanol–water partition coefficient (Wildman–Crippen LogP) is 2.67. The summed E-state index contributed by atoms with van der Waals surface area (Å²) in [6, 6.07) is 10.0. The van der Waals surface area contributed by atoms with Gasteiger partial charge in [0.05, 0.1) is 13.7 Å². The van der Waals surface area contributed by atoms with E-state index in [-0.39, 0.29) is 5.97 Å². The van der Waals surface area contributed by atoms with Crippen molar-refractivity contribution in [2.45, 2.75) is 18.9 Å². The standard InChI is InChI=1S/C15H18O3/c1-17-15(16)14(13-9-10-13)18-11-5-8-12-6-3-2-4-7-12/h2-8,13-14H,9-11H2,1H3. The first kappa shape index (κ1) is 12.8. The number of rotatable bonds is 6. The molecule has 96 valence electrons. The molecule has 0 heterocycles. The Hall–Kier alpha value is -1.61. The van der Waals surface area contributed by atoms with E-state index in [9.17, 15) is 4.79 Å². The molecule has 0 N–H and O–H groups in total. The molecular weight excluding hydrogens is 228 g/mol. The van der Waals surface area contributed by atoms with Crippen molar-refractivity contribution in [3.8, 4) is 0 Å². The molecule has 2 rings (SSSR count). The maximum Gasteiger partial charge on any atom is 0.335 e. The minimum atomic E-state index is -0.393. The fourth-order valence-corrected chi connectivity index (χ4v) is 1.82. The molecular formula is C15H18O3. The predicted molar refractivity (Wildman–Crippen MR) is 70.0 cm³/mol. The first-order valence-corrected chi connectivity index (χ1v) is 6.22. The Balaban J connectivity index is 1.80. The quantitative estimate of drug-likeness (QED) is 0.724. The van der Waals surface area contributed by atoms with Gasteiger partial charge in [-0.05, 0) is 24.3 Å². The van der Waals surface area contributed by atoms with Crippen LogP contribution in [0, 0.1) is 5.92 Å². The average molecular weight is 246 g/mol. The van der Waals surface area contributed by atoms with Gasteiger partial charge in [-0.3, -0.25) is 0 Å². The molecule has 18 heavy (non-hydrogen) atoms. The zero-order chi connectivity index (χ0) is 12.8. The van der Waals surface area contributed by atoms with Gasteiger partial charge in [0.2, 0.25) is 0 Å². The fraction of sp³-hybridized carbons (Fsp3) is 0.400. The van der Waals surface area contributed by atoms with Crippen molar-refractivity contribution in [1.29, 1.82) is 0 Å². The second kappa shape index (κ2) is 6.36. The van der Waals surface area contributed by atoms with Crippen LogP contribution in [0.3, 0.4) is 0 Å². The van der Waals surface area contributed by atoms with Crippen LogP contribution in [-0.4, -0.2) is 25.8 Å². The van der Waals surface area contributed by atoms with E-state index in [1.54, 1.807) is 0 Å². The SMILES string of the molecule is COC(=O)C(OCC=Cc1ccccc1)C1CC1. The topological polar surface area (TPSA) is 35.5 Å². The Morgan fingerprint density at radius 3 is 2.72 bits per heavy atom. The van der Waals surface area contributed by atoms with Crippen LogP contribution in [0.2, 0.25) is 0 Å². The average Bonchev–Trinajstić information content (AvgIpc) is 3.23. The summed E-state index contributed by atoms with van der Waals surface area (Å²) in [7, 11) is 1.40. The summed E-state index contributed by atoms with van der Waals surface area (Å²) in [5, 5.41) is 0. The molecule has 1 aliphatic rings. The number of carbonyl (C=O) groups excluding carboxylic acids is 1. The molecule has 0 spiro atoms. The Morgan fingerprint density at radius 1 is 1.39 bits per heavy atom. The van der Waals surface area contributed by atoms with Crippen molar-refractivity contribution < 1.29 is 14.3 Å². The maximum atomic E-state index is 11.5. The summed E-state index contributed by atoms with van der Waals surface area (Å²) in [4.78, 5) is 11.5. The van der Waals surface area contributed by atoms with E-state index in [2.05, 4.69) is 0 Å². The number of benzene rings is 1. The second-order valence-electron chi connectivity index (χ2n) is 4.43. The molecule has 0 saturated heterocycles. The van der Waals surface area contributed by atoms with Crippen LogP contribution in [0.1, 0.15) is 18.4 Å². The molecule has 0 radical (unpaired) electrons. The van der Waals surface area contributed by atoms with Crippen molar-refractivity contribution in [3.63, 3.8) is 0 Å². The van der Waals surface area contributed by atoms with Crippen molar-refractivity contribution in [3.05, 3.63) is 42.0 Å². The van der Waals surface area contributed by atoms with Crippen LogP contribution in [0.15, 0.2) is 36.4 Å². The van der Waals surface area contributed by atoms with Gasteiger partial charge < -0.3 is 9.47 Å². The van der Waals surface area contributed by atoms with Crippen LogP contribution >= 0.6 is 0 Å². The Bertz CT molecular complexity index is 407. The molecule has 3 heteroatoms. The summed E-state index contributed by atoms with van der Waals surface area (Å²) in [5.41, 5.74) is 1.13. The van der Waals surface area contributed by atoms with Gasteiger partial charge in [-0.1, -0.05) is 42.5 Å². The summed E-state index contributed by atoms with van der Waals surface area (Å²) >= 11 is 0. The lowest BCUT2D eigenvalue weighted by atomic mass is 10.2. The Labute approximate surface area is 107 Å². The monoisotopic (exact) mass is 246 g/mol. The molecule has 1 saturated carbocycles. The van der Waals surface area contributed by atoms with Crippen molar-refractivity contribution in [2.75, 3.05) is 13.7 Å². The minimum Gasteiger partial charge on any atom is -0.467 e. The molecule has 0 aliphatic heterocycles. The molecule has 1 atom stereocenters. The molecule has 0 amide bonds. The smallest absolute Gasteiger partial charge is 0.335 e. The second-order valence-corrected chi connectivity index (χ2v) is 4.43. The number of carbonyl (C=O) groups is 1. The number of methoxy groups -OCH3 is 1. The van der Waals surface area contributed by atoms with Crippen LogP contribution in [0.25, 0.3) is 6.08 Å². The van der Waals surface area contributed by atoms with Gasteiger partial charge in [-0.2, -0.15) is 0 Å². The normalized spacial score (nSPS) is 16.7. The van der Waals surface area contributed by atoms with E-state index >= 15 is 0 Å². The number of hydrogen-bond donors (Lipinski definition) is 0. The lowest BCUT2D eigenvalue weighted by molar-refractivity contribution is -0.154. The number of ether oxygens (including phenoxy) is 2. The van der Waals surface area contributed by atoms with Gasteiger partial charge >= 0.3 is 5.97 Å². The van der Waals surface area contributed by atoms with Crippen LogP contribution in [0.4, 0.5) is 0 Å². The van der Waals surface area contributed by atoms with E-state index in [4.69, 9.17) is 9.47 Å². The van der Waals surface area contributed by atoms with E-state index in [1.165, 1.54) is 7.11 Å². The first-order valence-electron chi connectivity index (χ1n) is 6.22. The molecule has 3 nitrogen and oxygen atoms in total. The third kappa shape index (κ3) is 3.70. The van der Waals surface area contributed by atoms with Crippen molar-refractivity contribution in [1.82, 2.24) is 0 Å². The van der Waals surface area contributed by atoms with Gasteiger partial charge in [0.1, 0.15) is 0 Å². The minimum absolute atomic E-state index is 0.259. The molecule has 1 aromatic rings. The van der Waals surface area contributed by atoms with E-state index in [0.29, 0.717) is 12.5 Å². The van der Waals surface area contributed by atoms with Crippen molar-refractivity contribution >= 4 is 12.0 Å². The lowest BCUT2D eigenvalue weighted by Gasteiger charge is -2.13. The molecule has 1 unspecified atom stereocenters. The zero-order valence-corrected chi connectivity index (χ0v) is 10.5. The Morgan fingerprint density at radius 2 is 2.11 bits per heavy atom. The molecule has 1 aromatic carbocycles. The zero-order valence-electron chi connectivity index (χ0n) is 10.5.